The van der Waals surface area contributed by atoms with Gasteiger partial charge in [-0.25, -0.2) is 13.2 Å². The molecule has 128 valence electrons. The minimum Gasteiger partial charge on any atom is -0.383 e. The number of fused-ring (bicyclic) bond motifs is 1. The van der Waals surface area contributed by atoms with Crippen molar-refractivity contribution in [3.63, 3.8) is 0 Å². The lowest BCUT2D eigenvalue weighted by molar-refractivity contribution is 0.104. The molecule has 0 aliphatic rings. The number of benzene rings is 1. The van der Waals surface area contributed by atoms with Crippen molar-refractivity contribution in [2.45, 2.75) is 11.8 Å². The van der Waals surface area contributed by atoms with Crippen molar-refractivity contribution < 1.29 is 9.00 Å². The summed E-state index contributed by atoms with van der Waals surface area (Å²) in [6.07, 6.45) is 6.45. The molecule has 0 N–H and O–H groups in total. The van der Waals surface area contributed by atoms with Gasteiger partial charge < -0.3 is 4.90 Å². The minimum atomic E-state index is -1.47. The van der Waals surface area contributed by atoms with Gasteiger partial charge in [-0.05, 0) is 31.2 Å². The first-order valence-electron chi connectivity index (χ1n) is 7.81. The molecule has 0 bridgehead atoms. The Morgan fingerprint density at radius 2 is 1.92 bits per heavy atom. The number of aryl methyl sites for hydroxylation is 1. The van der Waals surface area contributed by atoms with E-state index in [0.29, 0.717) is 21.5 Å². The van der Waals surface area contributed by atoms with E-state index in [1.54, 1.807) is 33.5 Å². The quantitative estimate of drug-likeness (QED) is 0.522. The molecule has 0 spiro atoms. The second-order valence-corrected chi connectivity index (χ2v) is 7.31. The van der Waals surface area contributed by atoms with Crippen LogP contribution in [0.1, 0.15) is 15.9 Å². The van der Waals surface area contributed by atoms with Gasteiger partial charge in [-0.1, -0.05) is 17.7 Å². The van der Waals surface area contributed by atoms with E-state index in [4.69, 9.17) is 0 Å². The number of carbonyl (C=O) groups excluding carboxylic acids is 1. The van der Waals surface area contributed by atoms with Gasteiger partial charge in [-0.15, -0.1) is 0 Å². The van der Waals surface area contributed by atoms with Crippen LogP contribution in [0.15, 0.2) is 66.0 Å². The van der Waals surface area contributed by atoms with Gasteiger partial charge in [0.1, 0.15) is 0 Å². The van der Waals surface area contributed by atoms with Crippen LogP contribution in [0.4, 0.5) is 0 Å². The first kappa shape index (κ1) is 17.1. The van der Waals surface area contributed by atoms with Crippen LogP contribution in [0.2, 0.25) is 0 Å². The van der Waals surface area contributed by atoms with Crippen LogP contribution in [0, 0.1) is 6.92 Å². The van der Waals surface area contributed by atoms with Crippen molar-refractivity contribution in [3.05, 3.63) is 72.2 Å². The summed E-state index contributed by atoms with van der Waals surface area (Å²) in [6, 6.07) is 11.1. The molecule has 1 atom stereocenters. The molecule has 6 heteroatoms. The molecule has 3 aromatic rings. The summed E-state index contributed by atoms with van der Waals surface area (Å²) < 4.78 is 14.5. The fourth-order valence-electron chi connectivity index (χ4n) is 2.43. The second kappa shape index (κ2) is 7.03. The van der Waals surface area contributed by atoms with E-state index in [0.717, 1.165) is 5.56 Å². The van der Waals surface area contributed by atoms with Crippen molar-refractivity contribution >= 4 is 27.8 Å². The lowest BCUT2D eigenvalue weighted by Gasteiger charge is -2.04. The zero-order chi connectivity index (χ0) is 18.0. The highest BCUT2D eigenvalue weighted by atomic mass is 32.2. The Hall–Kier alpha value is -2.73. The maximum atomic E-state index is 13.0. The summed E-state index contributed by atoms with van der Waals surface area (Å²) in [4.78, 5) is 19.3. The van der Waals surface area contributed by atoms with Crippen molar-refractivity contribution in [3.8, 4) is 0 Å². The maximum Gasteiger partial charge on any atom is 0.189 e. The molecule has 2 aromatic heterocycles. The average molecular weight is 353 g/mol. The van der Waals surface area contributed by atoms with Gasteiger partial charge in [0, 0.05) is 44.2 Å². The Labute approximate surface area is 149 Å². The first-order valence-corrected chi connectivity index (χ1v) is 8.92. The van der Waals surface area contributed by atoms with Crippen LogP contribution in [0.3, 0.4) is 0 Å². The number of carbonyl (C=O) groups is 1. The average Bonchev–Trinajstić information content (AvgIpc) is 2.99. The lowest BCUT2D eigenvalue weighted by Crippen LogP contribution is -2.05. The van der Waals surface area contributed by atoms with Gasteiger partial charge in [0.2, 0.25) is 0 Å². The van der Waals surface area contributed by atoms with E-state index >= 15 is 0 Å². The summed E-state index contributed by atoms with van der Waals surface area (Å²) in [6.45, 7) is 1.98. The molecule has 1 unspecified atom stereocenters. The summed E-state index contributed by atoms with van der Waals surface area (Å²) in [5.41, 5.74) is 2.12. The number of nitrogens with zero attached hydrogens (tertiary/aromatic N) is 3. The van der Waals surface area contributed by atoms with Crippen molar-refractivity contribution in [1.82, 2.24) is 13.9 Å². The number of hydrogen-bond acceptors (Lipinski definition) is 4. The smallest absolute Gasteiger partial charge is 0.189 e. The monoisotopic (exact) mass is 353 g/mol. The van der Waals surface area contributed by atoms with Crippen molar-refractivity contribution in [2.24, 2.45) is 0 Å². The molecule has 0 aliphatic carbocycles. The molecule has 0 aliphatic heterocycles. The van der Waals surface area contributed by atoms with E-state index in [2.05, 4.69) is 4.98 Å². The molecule has 2 heterocycles. The number of ketones is 1. The topological polar surface area (TPSA) is 55.2 Å². The van der Waals surface area contributed by atoms with Crippen LogP contribution in [0.5, 0.6) is 0 Å². The summed E-state index contributed by atoms with van der Waals surface area (Å²) in [7, 11) is 2.23. The number of pyridine rings is 1. The number of aromatic nitrogens is 2. The third-order valence-electron chi connectivity index (χ3n) is 3.72. The van der Waals surface area contributed by atoms with E-state index in [1.165, 1.54) is 6.08 Å². The molecule has 5 nitrogen and oxygen atoms in total. The number of hydrogen-bond donors (Lipinski definition) is 0. The molecule has 0 saturated carbocycles. The van der Waals surface area contributed by atoms with Crippen LogP contribution < -0.4 is 0 Å². The van der Waals surface area contributed by atoms with E-state index in [-0.39, 0.29) is 5.78 Å². The molecular weight excluding hydrogens is 334 g/mol. The Bertz CT molecular complexity index is 972. The molecule has 0 saturated heterocycles. The van der Waals surface area contributed by atoms with E-state index in [1.807, 2.05) is 51.4 Å². The summed E-state index contributed by atoms with van der Waals surface area (Å²) in [5.74, 6) is -0.147. The normalized spacial score (nSPS) is 12.6. The van der Waals surface area contributed by atoms with Crippen LogP contribution in [-0.4, -0.2) is 37.9 Å². The van der Waals surface area contributed by atoms with Gasteiger partial charge in [0.15, 0.2) is 22.4 Å². The number of allylic oxidation sites excluding steroid dienone is 1. The molecular formula is C19H19N3O2S. The third kappa shape index (κ3) is 3.53. The van der Waals surface area contributed by atoms with Gasteiger partial charge in [-0.2, -0.15) is 0 Å². The fourth-order valence-corrected chi connectivity index (χ4v) is 3.53. The minimum absolute atomic E-state index is 0.147. The summed E-state index contributed by atoms with van der Waals surface area (Å²) in [5, 5.41) is 0.691. The molecule has 1 aromatic carbocycles. The van der Waals surface area contributed by atoms with Gasteiger partial charge in [0.25, 0.3) is 0 Å². The van der Waals surface area contributed by atoms with Crippen LogP contribution in [-0.2, 0) is 11.0 Å². The molecule has 0 amide bonds. The molecule has 0 fully saturated rings. The molecule has 0 radical (unpaired) electrons. The fraction of sp³-hybridized carbons (Fsp3) is 0.158. The maximum absolute atomic E-state index is 13.0. The Balaban J connectivity index is 2.09. The zero-order valence-electron chi connectivity index (χ0n) is 14.3. The van der Waals surface area contributed by atoms with Gasteiger partial charge >= 0.3 is 0 Å². The highest BCUT2D eigenvalue weighted by molar-refractivity contribution is 7.83. The first-order chi connectivity index (χ1) is 12.0. The van der Waals surface area contributed by atoms with Crippen LogP contribution >= 0.6 is 0 Å². The standard InChI is InChI=1S/C19H19N3O2S/c1-14-6-8-15(9-7-14)25(24)22-13-17(18(23)10-12-21(2)3)16-5-4-11-20-19(16)22/h4-13H,1-3H3/b12-10+. The lowest BCUT2D eigenvalue weighted by atomic mass is 10.1. The van der Waals surface area contributed by atoms with E-state index in [9.17, 15) is 9.00 Å². The summed E-state index contributed by atoms with van der Waals surface area (Å²) >= 11 is 0. The Kier molecular flexibility index (Phi) is 4.81. The third-order valence-corrected chi connectivity index (χ3v) is 5.03. The van der Waals surface area contributed by atoms with E-state index < -0.39 is 11.0 Å². The molecule has 25 heavy (non-hydrogen) atoms. The highest BCUT2D eigenvalue weighted by Gasteiger charge is 2.18. The SMILES string of the molecule is Cc1ccc(S(=O)n2cc(C(=O)/C=C/N(C)C)c3cccnc32)cc1. The van der Waals surface area contributed by atoms with Gasteiger partial charge in [0.05, 0.1) is 10.5 Å². The number of rotatable bonds is 5. The second-order valence-electron chi connectivity index (χ2n) is 5.95. The van der Waals surface area contributed by atoms with Gasteiger partial charge in [-0.3, -0.25) is 4.79 Å². The zero-order valence-corrected chi connectivity index (χ0v) is 15.2. The largest absolute Gasteiger partial charge is 0.383 e. The Morgan fingerprint density at radius 1 is 1.20 bits per heavy atom. The highest BCUT2D eigenvalue weighted by Crippen LogP contribution is 2.23. The Morgan fingerprint density at radius 3 is 2.60 bits per heavy atom. The van der Waals surface area contributed by atoms with Crippen LogP contribution in [0.25, 0.3) is 11.0 Å². The predicted octanol–water partition coefficient (Wildman–Crippen LogP) is 3.17. The van der Waals surface area contributed by atoms with Crippen molar-refractivity contribution in [1.29, 1.82) is 0 Å². The predicted molar refractivity (Wildman–Crippen MR) is 99.9 cm³/mol. The molecule has 3 rings (SSSR count). The van der Waals surface area contributed by atoms with Crippen molar-refractivity contribution in [2.75, 3.05) is 14.1 Å².